The molecule has 2 N–H and O–H groups in total. The maximum absolute atomic E-state index is 12.9. The zero-order valence-electron chi connectivity index (χ0n) is 8.78. The van der Waals surface area contributed by atoms with E-state index in [-0.39, 0.29) is 11.5 Å². The molecule has 0 aromatic heterocycles. The first kappa shape index (κ1) is 12.4. The van der Waals surface area contributed by atoms with Crippen LogP contribution in [0.1, 0.15) is 12.8 Å². The number of rotatable bonds is 4. The first-order chi connectivity index (χ1) is 7.88. The van der Waals surface area contributed by atoms with Crippen LogP contribution in [0.5, 0.6) is 0 Å². The van der Waals surface area contributed by atoms with Crippen LogP contribution in [-0.4, -0.2) is 25.7 Å². The molecule has 1 aromatic rings. The Morgan fingerprint density at radius 3 is 2.41 bits per heavy atom. The lowest BCUT2D eigenvalue weighted by molar-refractivity contribution is 0.246. The van der Waals surface area contributed by atoms with E-state index >= 15 is 0 Å². The minimum Gasteiger partial charge on any atom is -0.394 e. The Labute approximate surface area is 97.3 Å². The molecule has 1 aromatic carbocycles. The average Bonchev–Trinajstić information content (AvgIpc) is 3.02. The number of benzene rings is 1. The molecule has 0 amide bonds. The molecule has 1 saturated carbocycles. The van der Waals surface area contributed by atoms with Crippen LogP contribution in [0, 0.1) is 11.6 Å². The second kappa shape index (κ2) is 4.01. The minimum atomic E-state index is -3.92. The van der Waals surface area contributed by atoms with Gasteiger partial charge in [0.05, 0.1) is 17.0 Å². The molecule has 2 rings (SSSR count). The Morgan fingerprint density at radius 1 is 1.29 bits per heavy atom. The number of hydrogen-bond acceptors (Lipinski definition) is 3. The molecule has 0 saturated heterocycles. The van der Waals surface area contributed by atoms with Gasteiger partial charge in [0.15, 0.2) is 11.6 Å². The van der Waals surface area contributed by atoms with Crippen LogP contribution < -0.4 is 4.72 Å². The van der Waals surface area contributed by atoms with Crippen LogP contribution in [-0.2, 0) is 10.0 Å². The molecule has 0 atom stereocenters. The van der Waals surface area contributed by atoms with E-state index in [9.17, 15) is 17.2 Å². The maximum atomic E-state index is 12.9. The highest BCUT2D eigenvalue weighted by molar-refractivity contribution is 7.89. The van der Waals surface area contributed by atoms with E-state index in [0.29, 0.717) is 18.9 Å². The van der Waals surface area contributed by atoms with Gasteiger partial charge >= 0.3 is 0 Å². The molecule has 1 fully saturated rings. The highest BCUT2D eigenvalue weighted by atomic mass is 32.2. The minimum absolute atomic E-state index is 0.310. The Kier molecular flexibility index (Phi) is 2.92. The molecule has 0 radical (unpaired) electrons. The van der Waals surface area contributed by atoms with Crippen molar-refractivity contribution < 1.29 is 22.3 Å². The Bertz CT molecular complexity index is 540. The Hall–Kier alpha value is -1.05. The van der Waals surface area contributed by atoms with Crippen molar-refractivity contribution in [1.82, 2.24) is 4.72 Å². The SMILES string of the molecule is O=S(=O)(NC1(CO)CC1)c1ccc(F)c(F)c1. The van der Waals surface area contributed by atoms with Crippen molar-refractivity contribution in [2.75, 3.05) is 6.61 Å². The van der Waals surface area contributed by atoms with E-state index in [0.717, 1.165) is 12.1 Å². The van der Waals surface area contributed by atoms with Gasteiger partial charge in [-0.25, -0.2) is 21.9 Å². The Balaban J connectivity index is 2.29. The lowest BCUT2D eigenvalue weighted by Crippen LogP contribution is -2.39. The zero-order chi connectivity index (χ0) is 12.7. The van der Waals surface area contributed by atoms with Crippen LogP contribution in [0.2, 0.25) is 0 Å². The third-order valence-corrected chi connectivity index (χ3v) is 4.28. The van der Waals surface area contributed by atoms with Crippen molar-refractivity contribution in [1.29, 1.82) is 0 Å². The summed E-state index contributed by atoms with van der Waals surface area (Å²) in [5.41, 5.74) is -0.830. The largest absolute Gasteiger partial charge is 0.394 e. The molecular formula is C10H11F2NO3S. The van der Waals surface area contributed by atoms with Crippen LogP contribution in [0.15, 0.2) is 23.1 Å². The normalized spacial score (nSPS) is 18.1. The van der Waals surface area contributed by atoms with E-state index in [1.807, 2.05) is 0 Å². The molecule has 1 aliphatic carbocycles. The first-order valence-corrected chi connectivity index (χ1v) is 6.47. The fraction of sp³-hybridized carbons (Fsp3) is 0.400. The highest BCUT2D eigenvalue weighted by Crippen LogP contribution is 2.36. The summed E-state index contributed by atoms with van der Waals surface area (Å²) in [6, 6.07) is 2.35. The van der Waals surface area contributed by atoms with Crippen molar-refractivity contribution in [2.45, 2.75) is 23.3 Å². The quantitative estimate of drug-likeness (QED) is 0.843. The van der Waals surface area contributed by atoms with E-state index in [1.165, 1.54) is 0 Å². The summed E-state index contributed by atoms with van der Waals surface area (Å²) in [6.07, 6.45) is 1.07. The first-order valence-electron chi connectivity index (χ1n) is 4.98. The number of aliphatic hydroxyl groups is 1. The van der Waals surface area contributed by atoms with Gasteiger partial charge in [-0.15, -0.1) is 0 Å². The van der Waals surface area contributed by atoms with Gasteiger partial charge in [-0.1, -0.05) is 0 Å². The molecule has 7 heteroatoms. The van der Waals surface area contributed by atoms with Crippen molar-refractivity contribution >= 4 is 10.0 Å². The van der Waals surface area contributed by atoms with Gasteiger partial charge in [0.25, 0.3) is 0 Å². The van der Waals surface area contributed by atoms with Gasteiger partial charge in [-0.2, -0.15) is 0 Å². The van der Waals surface area contributed by atoms with Gasteiger partial charge in [-0.05, 0) is 31.0 Å². The summed E-state index contributed by atoms with van der Waals surface area (Å²) in [7, 11) is -3.92. The fourth-order valence-corrected chi connectivity index (χ4v) is 2.89. The summed E-state index contributed by atoms with van der Waals surface area (Å²) in [5.74, 6) is -2.33. The highest BCUT2D eigenvalue weighted by Gasteiger charge is 2.45. The van der Waals surface area contributed by atoms with Crippen LogP contribution in [0.4, 0.5) is 8.78 Å². The van der Waals surface area contributed by atoms with Crippen molar-refractivity contribution in [3.05, 3.63) is 29.8 Å². The molecule has 0 unspecified atom stereocenters. The molecule has 94 valence electrons. The van der Waals surface area contributed by atoms with Crippen LogP contribution in [0.25, 0.3) is 0 Å². The zero-order valence-corrected chi connectivity index (χ0v) is 9.60. The standard InChI is InChI=1S/C10H11F2NO3S/c11-8-2-1-7(5-9(8)12)17(15,16)13-10(6-14)3-4-10/h1-2,5,13-14H,3-4,6H2. The topological polar surface area (TPSA) is 66.4 Å². The summed E-state index contributed by atoms with van der Waals surface area (Å²) in [6.45, 7) is -0.310. The maximum Gasteiger partial charge on any atom is 0.241 e. The monoisotopic (exact) mass is 263 g/mol. The molecular weight excluding hydrogens is 252 g/mol. The van der Waals surface area contributed by atoms with E-state index in [2.05, 4.69) is 4.72 Å². The van der Waals surface area contributed by atoms with Crippen LogP contribution >= 0.6 is 0 Å². The summed E-state index contributed by atoms with van der Waals surface area (Å²) >= 11 is 0. The molecule has 1 aliphatic rings. The van der Waals surface area contributed by atoms with Gasteiger partial charge in [0, 0.05) is 0 Å². The van der Waals surface area contributed by atoms with Crippen molar-refractivity contribution in [2.24, 2.45) is 0 Å². The molecule has 0 bridgehead atoms. The molecule has 0 heterocycles. The molecule has 0 spiro atoms. The van der Waals surface area contributed by atoms with Crippen LogP contribution in [0.3, 0.4) is 0 Å². The average molecular weight is 263 g/mol. The lowest BCUT2D eigenvalue weighted by Gasteiger charge is -2.14. The van der Waals surface area contributed by atoms with Crippen molar-refractivity contribution in [3.63, 3.8) is 0 Å². The predicted octanol–water partition coefficient (Wildman–Crippen LogP) is 0.768. The second-order valence-corrected chi connectivity index (χ2v) is 5.80. The molecule has 4 nitrogen and oxygen atoms in total. The summed E-state index contributed by atoms with van der Waals surface area (Å²) in [5, 5.41) is 9.00. The predicted molar refractivity (Wildman–Crippen MR) is 55.7 cm³/mol. The van der Waals surface area contributed by atoms with Gasteiger partial charge in [0.2, 0.25) is 10.0 Å². The van der Waals surface area contributed by atoms with E-state index in [4.69, 9.17) is 5.11 Å². The van der Waals surface area contributed by atoms with Gasteiger partial charge < -0.3 is 5.11 Å². The second-order valence-electron chi connectivity index (χ2n) is 4.12. The lowest BCUT2D eigenvalue weighted by atomic mass is 10.3. The molecule has 0 aliphatic heterocycles. The summed E-state index contributed by atoms with van der Waals surface area (Å²) in [4.78, 5) is -0.351. The number of aliphatic hydroxyl groups excluding tert-OH is 1. The number of nitrogens with one attached hydrogen (secondary N) is 1. The molecule has 17 heavy (non-hydrogen) atoms. The Morgan fingerprint density at radius 2 is 1.94 bits per heavy atom. The van der Waals surface area contributed by atoms with Gasteiger partial charge in [0.1, 0.15) is 0 Å². The smallest absolute Gasteiger partial charge is 0.241 e. The van der Waals surface area contributed by atoms with Gasteiger partial charge in [-0.3, -0.25) is 0 Å². The van der Waals surface area contributed by atoms with E-state index < -0.39 is 27.2 Å². The number of hydrogen-bond donors (Lipinski definition) is 2. The third-order valence-electron chi connectivity index (χ3n) is 2.71. The fourth-order valence-electron chi connectivity index (χ4n) is 1.43. The summed E-state index contributed by atoms with van der Waals surface area (Å²) < 4.78 is 51.5. The number of halogens is 2. The van der Waals surface area contributed by atoms with Crippen molar-refractivity contribution in [3.8, 4) is 0 Å². The third kappa shape index (κ3) is 2.46. The number of sulfonamides is 1. The van der Waals surface area contributed by atoms with E-state index in [1.54, 1.807) is 0 Å².